The van der Waals surface area contributed by atoms with Gasteiger partial charge in [-0.15, -0.1) is 0 Å². The summed E-state index contributed by atoms with van der Waals surface area (Å²) >= 11 is 0. The molecule has 1 N–H and O–H groups in total. The maximum absolute atomic E-state index is 12.6. The van der Waals surface area contributed by atoms with E-state index in [0.717, 1.165) is 50.5 Å². The molecule has 2 saturated heterocycles. The minimum Gasteiger partial charge on any atom is -0.357 e. The molecule has 0 atom stereocenters. The molecule has 0 bridgehead atoms. The lowest BCUT2D eigenvalue weighted by atomic mass is 10.00. The fourth-order valence-electron chi connectivity index (χ4n) is 3.67. The van der Waals surface area contributed by atoms with E-state index >= 15 is 0 Å². The Hall–Kier alpha value is -2.38. The zero-order valence-electron chi connectivity index (χ0n) is 17.2. The topological polar surface area (TPSA) is 77.0 Å². The van der Waals surface area contributed by atoms with E-state index in [1.54, 1.807) is 12.4 Å². The first kappa shape index (κ1) is 20.4. The molecule has 3 heterocycles. The Balaban J connectivity index is 1.44. The van der Waals surface area contributed by atoms with Gasteiger partial charge in [-0.3, -0.25) is 9.79 Å². The van der Waals surface area contributed by atoms with Crippen molar-refractivity contribution >= 4 is 17.8 Å². The summed E-state index contributed by atoms with van der Waals surface area (Å²) in [4.78, 5) is 32.3. The molecule has 0 aliphatic carbocycles. The zero-order chi connectivity index (χ0) is 19.8. The van der Waals surface area contributed by atoms with Crippen molar-refractivity contribution in [2.45, 2.75) is 33.1 Å². The van der Waals surface area contributed by atoms with Gasteiger partial charge in [0.05, 0.1) is 6.54 Å². The SMILES string of the molecule is CCNC(=NCCC(=O)N1CCN(c2ncccn2)CC1)N1CCC(C)CC1. The molecule has 2 aliphatic heterocycles. The van der Waals surface area contributed by atoms with Gasteiger partial charge in [-0.05, 0) is 31.7 Å². The number of aliphatic imine (C=N–C) groups is 1. The Labute approximate surface area is 168 Å². The van der Waals surface area contributed by atoms with Crippen molar-refractivity contribution in [1.29, 1.82) is 0 Å². The summed E-state index contributed by atoms with van der Waals surface area (Å²) < 4.78 is 0. The third kappa shape index (κ3) is 5.56. The second kappa shape index (κ2) is 10.2. The van der Waals surface area contributed by atoms with Crippen molar-refractivity contribution in [2.75, 3.05) is 57.3 Å². The molecule has 2 fully saturated rings. The number of carbonyl (C=O) groups excluding carboxylic acids is 1. The average Bonchev–Trinajstić information content (AvgIpc) is 2.74. The van der Waals surface area contributed by atoms with E-state index < -0.39 is 0 Å². The van der Waals surface area contributed by atoms with Crippen molar-refractivity contribution in [2.24, 2.45) is 10.9 Å². The number of rotatable bonds is 5. The van der Waals surface area contributed by atoms with Gasteiger partial charge in [0, 0.05) is 64.6 Å². The monoisotopic (exact) mass is 387 g/mol. The number of nitrogens with zero attached hydrogens (tertiary/aromatic N) is 6. The number of carbonyl (C=O) groups is 1. The van der Waals surface area contributed by atoms with Crippen molar-refractivity contribution in [1.82, 2.24) is 25.1 Å². The number of likely N-dealkylation sites (tertiary alicyclic amines) is 1. The van der Waals surface area contributed by atoms with Crippen LogP contribution >= 0.6 is 0 Å². The fraction of sp³-hybridized carbons (Fsp3) is 0.700. The molecule has 28 heavy (non-hydrogen) atoms. The molecule has 0 unspecified atom stereocenters. The van der Waals surface area contributed by atoms with Crippen LogP contribution in [0.1, 0.15) is 33.1 Å². The summed E-state index contributed by atoms with van der Waals surface area (Å²) in [5, 5.41) is 3.37. The molecule has 2 aliphatic rings. The zero-order valence-corrected chi connectivity index (χ0v) is 17.2. The highest BCUT2D eigenvalue weighted by Crippen LogP contribution is 2.16. The van der Waals surface area contributed by atoms with Crippen LogP contribution in [-0.4, -0.2) is 84.0 Å². The standard InChI is InChI=1S/C20H33N7O/c1-3-21-19(26-11-6-17(2)7-12-26)24-10-5-18(28)25-13-15-27(16-14-25)20-22-8-4-9-23-20/h4,8-9,17H,3,5-7,10-16H2,1-2H3,(H,21,24). The lowest BCUT2D eigenvalue weighted by Crippen LogP contribution is -2.49. The molecule has 0 spiro atoms. The summed E-state index contributed by atoms with van der Waals surface area (Å²) in [5.74, 6) is 2.67. The fourth-order valence-corrected chi connectivity index (χ4v) is 3.67. The number of piperazine rings is 1. The van der Waals surface area contributed by atoms with Gasteiger partial charge >= 0.3 is 0 Å². The highest BCUT2D eigenvalue weighted by atomic mass is 16.2. The predicted octanol–water partition coefficient (Wildman–Crippen LogP) is 1.21. The summed E-state index contributed by atoms with van der Waals surface area (Å²) in [6.45, 7) is 10.8. The molecule has 0 radical (unpaired) electrons. The van der Waals surface area contributed by atoms with Crippen molar-refractivity contribution in [3.63, 3.8) is 0 Å². The van der Waals surface area contributed by atoms with Gasteiger partial charge in [0.15, 0.2) is 5.96 Å². The number of guanidine groups is 1. The first-order chi connectivity index (χ1) is 13.7. The number of hydrogen-bond acceptors (Lipinski definition) is 5. The van der Waals surface area contributed by atoms with Crippen LogP contribution in [0.2, 0.25) is 0 Å². The van der Waals surface area contributed by atoms with E-state index in [-0.39, 0.29) is 5.91 Å². The van der Waals surface area contributed by atoms with Crippen molar-refractivity contribution in [3.8, 4) is 0 Å². The van der Waals surface area contributed by atoms with Gasteiger partial charge in [0.1, 0.15) is 0 Å². The van der Waals surface area contributed by atoms with E-state index in [0.29, 0.717) is 26.1 Å². The molecule has 8 heteroatoms. The lowest BCUT2D eigenvalue weighted by molar-refractivity contribution is -0.131. The summed E-state index contributed by atoms with van der Waals surface area (Å²) in [7, 11) is 0. The summed E-state index contributed by atoms with van der Waals surface area (Å²) in [6.07, 6.45) is 6.38. The van der Waals surface area contributed by atoms with Crippen LogP contribution in [-0.2, 0) is 4.79 Å². The van der Waals surface area contributed by atoms with E-state index in [2.05, 4.69) is 38.9 Å². The molecule has 0 aromatic carbocycles. The predicted molar refractivity (Wildman–Crippen MR) is 111 cm³/mol. The molecule has 1 aromatic heterocycles. The van der Waals surface area contributed by atoms with Crippen LogP contribution in [0, 0.1) is 5.92 Å². The minimum absolute atomic E-state index is 0.181. The van der Waals surface area contributed by atoms with E-state index in [1.165, 1.54) is 12.8 Å². The van der Waals surface area contributed by atoms with Gasteiger partial charge in [-0.25, -0.2) is 9.97 Å². The Bertz CT molecular complexity index is 635. The van der Waals surface area contributed by atoms with Crippen LogP contribution < -0.4 is 10.2 Å². The van der Waals surface area contributed by atoms with E-state index in [1.807, 2.05) is 11.0 Å². The Morgan fingerprint density at radius 1 is 1.11 bits per heavy atom. The average molecular weight is 388 g/mol. The molecule has 1 amide bonds. The third-order valence-corrected chi connectivity index (χ3v) is 5.47. The highest BCUT2D eigenvalue weighted by molar-refractivity contribution is 5.81. The van der Waals surface area contributed by atoms with Gasteiger partial charge in [-0.2, -0.15) is 0 Å². The highest BCUT2D eigenvalue weighted by Gasteiger charge is 2.22. The van der Waals surface area contributed by atoms with Crippen LogP contribution in [0.3, 0.4) is 0 Å². The maximum Gasteiger partial charge on any atom is 0.225 e. The normalized spacial score (nSPS) is 19.1. The molecule has 3 rings (SSSR count). The van der Waals surface area contributed by atoms with E-state index in [9.17, 15) is 4.79 Å². The van der Waals surface area contributed by atoms with Crippen LogP contribution in [0.25, 0.3) is 0 Å². The van der Waals surface area contributed by atoms with Gasteiger partial charge in [0.25, 0.3) is 0 Å². The molecule has 154 valence electrons. The minimum atomic E-state index is 0.181. The van der Waals surface area contributed by atoms with Crippen LogP contribution in [0.4, 0.5) is 5.95 Å². The number of hydrogen-bond donors (Lipinski definition) is 1. The number of piperidine rings is 1. The van der Waals surface area contributed by atoms with Crippen LogP contribution in [0.15, 0.2) is 23.5 Å². The quantitative estimate of drug-likeness (QED) is 0.605. The Kier molecular flexibility index (Phi) is 7.45. The number of aromatic nitrogens is 2. The van der Waals surface area contributed by atoms with E-state index in [4.69, 9.17) is 4.99 Å². The molecular weight excluding hydrogens is 354 g/mol. The maximum atomic E-state index is 12.6. The van der Waals surface area contributed by atoms with Gasteiger partial charge < -0.3 is 20.0 Å². The lowest BCUT2D eigenvalue weighted by Gasteiger charge is -2.34. The van der Waals surface area contributed by atoms with Gasteiger partial charge in [0.2, 0.25) is 11.9 Å². The third-order valence-electron chi connectivity index (χ3n) is 5.47. The second-order valence-corrected chi connectivity index (χ2v) is 7.57. The van der Waals surface area contributed by atoms with Crippen LogP contribution in [0.5, 0.6) is 0 Å². The Morgan fingerprint density at radius 2 is 1.79 bits per heavy atom. The molecular formula is C20H33N7O. The largest absolute Gasteiger partial charge is 0.357 e. The number of amides is 1. The first-order valence-corrected chi connectivity index (χ1v) is 10.5. The number of anilines is 1. The second-order valence-electron chi connectivity index (χ2n) is 7.57. The van der Waals surface area contributed by atoms with Gasteiger partial charge in [-0.1, -0.05) is 6.92 Å². The smallest absolute Gasteiger partial charge is 0.225 e. The van der Waals surface area contributed by atoms with Crippen molar-refractivity contribution < 1.29 is 4.79 Å². The Morgan fingerprint density at radius 3 is 2.43 bits per heavy atom. The molecule has 8 nitrogen and oxygen atoms in total. The molecule has 1 aromatic rings. The molecule has 0 saturated carbocycles. The summed E-state index contributed by atoms with van der Waals surface area (Å²) in [6, 6.07) is 1.82. The number of nitrogens with one attached hydrogen (secondary N) is 1. The van der Waals surface area contributed by atoms with Crippen molar-refractivity contribution in [3.05, 3.63) is 18.5 Å². The summed E-state index contributed by atoms with van der Waals surface area (Å²) in [5.41, 5.74) is 0. The first-order valence-electron chi connectivity index (χ1n) is 10.5.